The van der Waals surface area contributed by atoms with E-state index >= 15 is 0 Å². The Hall–Kier alpha value is -0.110. The molecule has 0 saturated carbocycles. The molecular formula is C3H10FN. The third-order valence-electron chi connectivity index (χ3n) is 0. The van der Waals surface area contributed by atoms with Gasteiger partial charge in [0.2, 0.25) is 0 Å². The summed E-state index contributed by atoms with van der Waals surface area (Å²) in [6.45, 7) is 4.00. The molecule has 0 aliphatic carbocycles. The Morgan fingerprint density at radius 3 is 1.40 bits per heavy atom. The summed E-state index contributed by atoms with van der Waals surface area (Å²) in [6, 6.07) is 0. The van der Waals surface area contributed by atoms with Crippen LogP contribution in [-0.2, 0) is 0 Å². The van der Waals surface area contributed by atoms with Crippen LogP contribution >= 0.6 is 0 Å². The molecule has 0 spiro atoms. The van der Waals surface area contributed by atoms with Crippen molar-refractivity contribution in [2.75, 3.05) is 7.05 Å². The number of hydrogen-bond donors (Lipinski definition) is 1. The van der Waals surface area contributed by atoms with E-state index in [0.29, 0.717) is 0 Å². The predicted molar refractivity (Wildman–Crippen MR) is 21.5 cm³/mol. The van der Waals surface area contributed by atoms with E-state index in [-0.39, 0.29) is 0 Å². The lowest BCUT2D eigenvalue weighted by molar-refractivity contribution is 0.380. The van der Waals surface area contributed by atoms with Crippen LogP contribution in [-0.4, -0.2) is 7.05 Å². The first kappa shape index (κ1) is 8.86. The van der Waals surface area contributed by atoms with Gasteiger partial charge in [0.1, 0.15) is 0 Å². The van der Waals surface area contributed by atoms with Gasteiger partial charge < -0.3 is 0 Å². The summed E-state index contributed by atoms with van der Waals surface area (Å²) in [6.07, 6.45) is 0. The van der Waals surface area contributed by atoms with Crippen molar-refractivity contribution >= 4 is 0 Å². The molecule has 0 atom stereocenters. The molecule has 0 aliphatic rings. The first-order valence-corrected chi connectivity index (χ1v) is 1.69. The number of nitrogens with one attached hydrogen (secondary N) is 1. The average molecular weight is 79.1 g/mol. The second-order valence-electron chi connectivity index (χ2n) is 0.189. The number of halogens is 1. The summed E-state index contributed by atoms with van der Waals surface area (Å²) in [5.41, 5.74) is 1.25. The zero-order valence-electron chi connectivity index (χ0n) is 3.88. The topological polar surface area (TPSA) is 12.0 Å². The summed E-state index contributed by atoms with van der Waals surface area (Å²) in [4.78, 5) is 0. The number of rotatable bonds is 0. The Morgan fingerprint density at radius 2 is 1.40 bits per heavy atom. The van der Waals surface area contributed by atoms with Crippen molar-refractivity contribution in [2.45, 2.75) is 13.8 Å². The molecule has 0 bridgehead atoms. The summed E-state index contributed by atoms with van der Waals surface area (Å²) < 4.78 is 10.0. The maximum absolute atomic E-state index is 10.0. The summed E-state index contributed by atoms with van der Waals surface area (Å²) in [5.74, 6) is 0. The van der Waals surface area contributed by atoms with Gasteiger partial charge in [-0.15, -0.1) is 4.48 Å². The highest BCUT2D eigenvalue weighted by molar-refractivity contribution is 3.66. The van der Waals surface area contributed by atoms with E-state index in [2.05, 4.69) is 0 Å². The molecule has 34 valence electrons. The molecular weight excluding hydrogens is 69.0 g/mol. The van der Waals surface area contributed by atoms with E-state index < -0.39 is 0 Å². The minimum absolute atomic E-state index is 1.21. The van der Waals surface area contributed by atoms with Gasteiger partial charge in [-0.1, -0.05) is 13.8 Å². The molecule has 0 amide bonds. The monoisotopic (exact) mass is 79.1 g/mol. The van der Waals surface area contributed by atoms with E-state index in [0.717, 1.165) is 0 Å². The van der Waals surface area contributed by atoms with E-state index in [1.54, 1.807) is 0 Å². The molecule has 2 heteroatoms. The Labute approximate surface area is 32.1 Å². The highest BCUT2D eigenvalue weighted by Gasteiger charge is 1.31. The quantitative estimate of drug-likeness (QED) is 0.429. The normalized spacial score (nSPS) is 4.80. The molecule has 0 aliphatic heterocycles. The minimum atomic E-state index is 1.21. The van der Waals surface area contributed by atoms with E-state index in [4.69, 9.17) is 0 Å². The molecule has 5 heavy (non-hydrogen) atoms. The lowest BCUT2D eigenvalue weighted by Crippen LogP contribution is -1.79. The van der Waals surface area contributed by atoms with Crippen molar-refractivity contribution in [2.24, 2.45) is 0 Å². The van der Waals surface area contributed by atoms with Crippen LogP contribution < -0.4 is 5.54 Å². The van der Waals surface area contributed by atoms with Gasteiger partial charge in [-0.25, -0.2) is 0 Å². The SMILES string of the molecule is CC.CNF. The molecule has 0 heterocycles. The van der Waals surface area contributed by atoms with Crippen LogP contribution in [0.2, 0.25) is 0 Å². The highest BCUT2D eigenvalue weighted by Crippen LogP contribution is 1.23. The molecule has 1 nitrogen and oxygen atoms in total. The number of hydrogen-bond acceptors (Lipinski definition) is 1. The predicted octanol–water partition coefficient (Wildman–Crippen LogP) is 1.12. The van der Waals surface area contributed by atoms with Gasteiger partial charge in [0, 0.05) is 7.05 Å². The van der Waals surface area contributed by atoms with Gasteiger partial charge in [-0.2, -0.15) is 5.54 Å². The van der Waals surface area contributed by atoms with Crippen LogP contribution in [0.5, 0.6) is 0 Å². The molecule has 0 fully saturated rings. The van der Waals surface area contributed by atoms with Gasteiger partial charge in [-0.05, 0) is 0 Å². The Morgan fingerprint density at radius 1 is 1.40 bits per heavy atom. The Balaban J connectivity index is 0. The largest absolute Gasteiger partial charge is 0.162 e. The molecule has 0 unspecified atom stereocenters. The van der Waals surface area contributed by atoms with E-state index in [9.17, 15) is 4.48 Å². The van der Waals surface area contributed by atoms with Crippen molar-refractivity contribution in [1.29, 1.82) is 0 Å². The zero-order valence-corrected chi connectivity index (χ0v) is 3.88. The third-order valence-corrected chi connectivity index (χ3v) is 0. The lowest BCUT2D eigenvalue weighted by Gasteiger charge is -1.53. The fourth-order valence-electron chi connectivity index (χ4n) is 0. The maximum Gasteiger partial charge on any atom is 0.0145 e. The first-order chi connectivity index (χ1) is 2.41. The van der Waals surface area contributed by atoms with Crippen LogP contribution in [0.4, 0.5) is 4.48 Å². The standard InChI is InChI=1S/C2H6.CH4FN/c1-2;1-3-2/h1-2H3;3H,1H3. The summed E-state index contributed by atoms with van der Waals surface area (Å²) >= 11 is 0. The lowest BCUT2D eigenvalue weighted by atomic mass is 11.0. The van der Waals surface area contributed by atoms with Gasteiger partial charge in [-0.3, -0.25) is 0 Å². The third kappa shape index (κ3) is 1150. The molecule has 0 aromatic heterocycles. The molecule has 1 N–H and O–H groups in total. The smallest absolute Gasteiger partial charge is 0.0145 e. The van der Waals surface area contributed by atoms with Crippen molar-refractivity contribution in [1.82, 2.24) is 5.54 Å². The second kappa shape index (κ2) is 41.0. The zero-order chi connectivity index (χ0) is 4.71. The summed E-state index contributed by atoms with van der Waals surface area (Å²) in [7, 11) is 1.21. The summed E-state index contributed by atoms with van der Waals surface area (Å²) in [5, 5.41) is 0. The van der Waals surface area contributed by atoms with Crippen molar-refractivity contribution in [3.05, 3.63) is 0 Å². The van der Waals surface area contributed by atoms with Gasteiger partial charge in [0.15, 0.2) is 0 Å². The van der Waals surface area contributed by atoms with Crippen LogP contribution in [0.15, 0.2) is 0 Å². The van der Waals surface area contributed by atoms with Crippen LogP contribution in [0, 0.1) is 0 Å². The Kier molecular flexibility index (Phi) is 72.7. The van der Waals surface area contributed by atoms with E-state index in [1.807, 2.05) is 13.8 Å². The van der Waals surface area contributed by atoms with Gasteiger partial charge >= 0.3 is 0 Å². The molecule has 0 rings (SSSR count). The van der Waals surface area contributed by atoms with Gasteiger partial charge in [0.05, 0.1) is 0 Å². The first-order valence-electron chi connectivity index (χ1n) is 1.69. The molecule has 0 radical (unpaired) electrons. The fraction of sp³-hybridized carbons (Fsp3) is 1.00. The van der Waals surface area contributed by atoms with E-state index in [1.165, 1.54) is 12.6 Å². The average Bonchev–Trinajstić information content (AvgIpc) is 1.46. The van der Waals surface area contributed by atoms with Crippen LogP contribution in [0.3, 0.4) is 0 Å². The Bertz CT molecular complexity index is 6.85. The molecule has 0 aromatic carbocycles. The van der Waals surface area contributed by atoms with Gasteiger partial charge in [0.25, 0.3) is 0 Å². The fourth-order valence-corrected chi connectivity index (χ4v) is 0. The van der Waals surface area contributed by atoms with Crippen LogP contribution in [0.25, 0.3) is 0 Å². The van der Waals surface area contributed by atoms with Crippen molar-refractivity contribution < 1.29 is 4.48 Å². The maximum atomic E-state index is 10.0. The second-order valence-corrected chi connectivity index (χ2v) is 0.189. The molecule has 0 saturated heterocycles. The highest BCUT2D eigenvalue weighted by atomic mass is 19.2. The van der Waals surface area contributed by atoms with Crippen molar-refractivity contribution in [3.63, 3.8) is 0 Å². The van der Waals surface area contributed by atoms with Crippen LogP contribution in [0.1, 0.15) is 13.8 Å². The minimum Gasteiger partial charge on any atom is -0.162 e. The van der Waals surface area contributed by atoms with Crippen molar-refractivity contribution in [3.8, 4) is 0 Å². The molecule has 0 aromatic rings.